The van der Waals surface area contributed by atoms with Crippen molar-refractivity contribution in [2.24, 2.45) is 0 Å². The molecule has 8 nitrogen and oxygen atoms in total. The van der Waals surface area contributed by atoms with Crippen LogP contribution in [0, 0.1) is 0 Å². The molecule has 8 heteroatoms. The lowest BCUT2D eigenvalue weighted by Crippen LogP contribution is -2.55. The molecule has 2 saturated heterocycles. The Kier molecular flexibility index (Phi) is 6.37. The maximum Gasteiger partial charge on any atom is 0.323 e. The molecule has 2 rings (SSSR count). The van der Waals surface area contributed by atoms with Gasteiger partial charge in [-0.2, -0.15) is 0 Å². The van der Waals surface area contributed by atoms with Crippen LogP contribution in [-0.2, 0) is 14.3 Å². The summed E-state index contributed by atoms with van der Waals surface area (Å²) < 4.78 is 5.26. The average Bonchev–Trinajstić information content (AvgIpc) is 2.50. The third kappa shape index (κ3) is 5.58. The molecule has 2 aliphatic heterocycles. The van der Waals surface area contributed by atoms with Gasteiger partial charge in [0.05, 0.1) is 13.2 Å². The fraction of sp³-hybridized carbons (Fsp3) is 0.846. The molecule has 0 radical (unpaired) electrons. The summed E-state index contributed by atoms with van der Waals surface area (Å²) in [7, 11) is 2.04. The zero-order valence-corrected chi connectivity index (χ0v) is 12.6. The third-order valence-corrected chi connectivity index (χ3v) is 3.79. The molecule has 2 aliphatic rings. The number of hydrazine groups is 1. The van der Waals surface area contributed by atoms with Gasteiger partial charge in [-0.1, -0.05) is 0 Å². The van der Waals surface area contributed by atoms with Crippen LogP contribution in [0.25, 0.3) is 0 Å². The number of morpholine rings is 1. The van der Waals surface area contributed by atoms with E-state index in [4.69, 9.17) is 4.74 Å². The maximum atomic E-state index is 11.8. The first kappa shape index (κ1) is 16.2. The van der Waals surface area contributed by atoms with Crippen molar-refractivity contribution in [3.05, 3.63) is 0 Å². The molecule has 0 aliphatic carbocycles. The maximum absolute atomic E-state index is 11.8. The fourth-order valence-corrected chi connectivity index (χ4v) is 2.35. The predicted octanol–water partition coefficient (Wildman–Crippen LogP) is -2.29. The summed E-state index contributed by atoms with van der Waals surface area (Å²) in [5, 5.41) is 4.45. The largest absolute Gasteiger partial charge is 0.379 e. The van der Waals surface area contributed by atoms with Crippen LogP contribution < -0.4 is 10.7 Å². The van der Waals surface area contributed by atoms with Crippen molar-refractivity contribution in [3.8, 4) is 0 Å². The SMILES string of the molecule is CN1CCN(NC(=O)C(=O)NCCN2CCOCC2)CC1. The van der Waals surface area contributed by atoms with Crippen LogP contribution in [0.15, 0.2) is 0 Å². The quantitative estimate of drug-likeness (QED) is 0.569. The highest BCUT2D eigenvalue weighted by Gasteiger charge is 2.20. The fourth-order valence-electron chi connectivity index (χ4n) is 2.35. The molecule has 2 fully saturated rings. The van der Waals surface area contributed by atoms with Crippen LogP contribution in [0.3, 0.4) is 0 Å². The minimum absolute atomic E-state index is 0.481. The van der Waals surface area contributed by atoms with Gasteiger partial charge < -0.3 is 15.0 Å². The summed E-state index contributed by atoms with van der Waals surface area (Å²) in [5.41, 5.74) is 2.65. The van der Waals surface area contributed by atoms with Gasteiger partial charge in [-0.15, -0.1) is 0 Å². The van der Waals surface area contributed by atoms with E-state index in [1.807, 2.05) is 7.05 Å². The Morgan fingerprint density at radius 2 is 1.67 bits per heavy atom. The molecule has 0 spiro atoms. The molecule has 2 N–H and O–H groups in total. The Hall–Kier alpha value is -1.22. The molecule has 0 aromatic heterocycles. The highest BCUT2D eigenvalue weighted by molar-refractivity contribution is 6.34. The number of hydrogen-bond acceptors (Lipinski definition) is 6. The van der Waals surface area contributed by atoms with Crippen molar-refractivity contribution < 1.29 is 14.3 Å². The number of amides is 2. The molecule has 120 valence electrons. The van der Waals surface area contributed by atoms with E-state index >= 15 is 0 Å². The molecule has 0 unspecified atom stereocenters. The first-order valence-corrected chi connectivity index (χ1v) is 7.47. The number of hydrogen-bond donors (Lipinski definition) is 2. The minimum atomic E-state index is -0.582. The lowest BCUT2D eigenvalue weighted by atomic mass is 10.4. The molecular weight excluding hydrogens is 274 g/mol. The van der Waals surface area contributed by atoms with Crippen molar-refractivity contribution >= 4 is 11.8 Å². The molecule has 2 heterocycles. The third-order valence-electron chi connectivity index (χ3n) is 3.79. The number of nitrogens with zero attached hydrogens (tertiary/aromatic N) is 3. The lowest BCUT2D eigenvalue weighted by molar-refractivity contribution is -0.142. The van der Waals surface area contributed by atoms with Crippen molar-refractivity contribution in [1.29, 1.82) is 0 Å². The zero-order valence-electron chi connectivity index (χ0n) is 12.6. The minimum Gasteiger partial charge on any atom is -0.379 e. The first-order valence-electron chi connectivity index (χ1n) is 7.47. The highest BCUT2D eigenvalue weighted by Crippen LogP contribution is 1.96. The Morgan fingerprint density at radius 3 is 2.33 bits per heavy atom. The summed E-state index contributed by atoms with van der Waals surface area (Å²) in [6.07, 6.45) is 0. The van der Waals surface area contributed by atoms with Gasteiger partial charge in [0.1, 0.15) is 0 Å². The van der Waals surface area contributed by atoms with E-state index in [0.29, 0.717) is 6.54 Å². The Morgan fingerprint density at radius 1 is 1.00 bits per heavy atom. The van der Waals surface area contributed by atoms with E-state index in [9.17, 15) is 9.59 Å². The summed E-state index contributed by atoms with van der Waals surface area (Å²) in [5.74, 6) is -1.15. The van der Waals surface area contributed by atoms with Crippen molar-refractivity contribution in [2.45, 2.75) is 0 Å². The topological polar surface area (TPSA) is 77.1 Å². The van der Waals surface area contributed by atoms with Gasteiger partial charge in [0.25, 0.3) is 0 Å². The van der Waals surface area contributed by atoms with E-state index in [1.54, 1.807) is 5.01 Å². The van der Waals surface area contributed by atoms with Gasteiger partial charge in [-0.25, -0.2) is 5.01 Å². The van der Waals surface area contributed by atoms with E-state index in [0.717, 1.165) is 59.0 Å². The average molecular weight is 299 g/mol. The molecule has 0 aromatic carbocycles. The molecular formula is C13H25N5O3. The van der Waals surface area contributed by atoms with Crippen molar-refractivity contribution in [1.82, 2.24) is 25.6 Å². The standard InChI is InChI=1S/C13H25N5O3/c1-16-4-6-18(7-5-16)15-13(20)12(19)14-2-3-17-8-10-21-11-9-17/h2-11H2,1H3,(H,14,19)(H,15,20). The molecule has 0 atom stereocenters. The molecule has 0 saturated carbocycles. The van der Waals surface area contributed by atoms with Crippen LogP contribution >= 0.6 is 0 Å². The van der Waals surface area contributed by atoms with Gasteiger partial charge >= 0.3 is 11.8 Å². The summed E-state index contributed by atoms with van der Waals surface area (Å²) in [6, 6.07) is 0. The number of piperazine rings is 1. The monoisotopic (exact) mass is 299 g/mol. The van der Waals surface area contributed by atoms with Crippen LogP contribution in [0.1, 0.15) is 0 Å². The summed E-state index contributed by atoms with van der Waals surface area (Å²) in [4.78, 5) is 27.9. The van der Waals surface area contributed by atoms with Crippen LogP contribution in [0.5, 0.6) is 0 Å². The van der Waals surface area contributed by atoms with Crippen LogP contribution in [0.4, 0.5) is 0 Å². The Labute approximate surface area is 125 Å². The van der Waals surface area contributed by atoms with Gasteiger partial charge in [0, 0.05) is 52.4 Å². The van der Waals surface area contributed by atoms with Gasteiger partial charge in [-0.05, 0) is 7.05 Å². The molecule has 0 aromatic rings. The molecule has 2 amide bonds. The molecule has 0 bridgehead atoms. The summed E-state index contributed by atoms with van der Waals surface area (Å²) >= 11 is 0. The smallest absolute Gasteiger partial charge is 0.323 e. The van der Waals surface area contributed by atoms with Gasteiger partial charge in [-0.3, -0.25) is 19.9 Å². The normalized spacial score (nSPS) is 22.0. The second-order valence-electron chi connectivity index (χ2n) is 5.44. The number of likely N-dealkylation sites (N-methyl/N-ethyl adjacent to an activating group) is 1. The van der Waals surface area contributed by atoms with Gasteiger partial charge in [0.2, 0.25) is 0 Å². The number of nitrogens with one attached hydrogen (secondary N) is 2. The Balaban J connectivity index is 1.59. The van der Waals surface area contributed by atoms with Crippen LogP contribution in [-0.4, -0.2) is 99.2 Å². The number of carbonyl (C=O) groups is 2. The number of rotatable bonds is 4. The number of carbonyl (C=O) groups excluding carboxylic acids is 2. The van der Waals surface area contributed by atoms with Crippen LogP contribution in [0.2, 0.25) is 0 Å². The second kappa shape index (κ2) is 8.28. The Bertz CT molecular complexity index is 352. The van der Waals surface area contributed by atoms with E-state index in [-0.39, 0.29) is 0 Å². The summed E-state index contributed by atoms with van der Waals surface area (Å²) in [6.45, 7) is 7.71. The van der Waals surface area contributed by atoms with Gasteiger partial charge in [0.15, 0.2) is 0 Å². The van der Waals surface area contributed by atoms with Crippen molar-refractivity contribution in [2.75, 3.05) is 72.6 Å². The van der Waals surface area contributed by atoms with E-state index in [2.05, 4.69) is 20.5 Å². The number of ether oxygens (including phenoxy) is 1. The molecule has 21 heavy (non-hydrogen) atoms. The second-order valence-corrected chi connectivity index (χ2v) is 5.44. The zero-order chi connectivity index (χ0) is 15.1. The van der Waals surface area contributed by atoms with E-state index < -0.39 is 11.8 Å². The first-order chi connectivity index (χ1) is 10.1. The lowest BCUT2D eigenvalue weighted by Gasteiger charge is -2.32. The van der Waals surface area contributed by atoms with Crippen molar-refractivity contribution in [3.63, 3.8) is 0 Å². The predicted molar refractivity (Wildman–Crippen MR) is 77.5 cm³/mol. The van der Waals surface area contributed by atoms with E-state index in [1.165, 1.54) is 0 Å². The highest BCUT2D eigenvalue weighted by atomic mass is 16.5.